The molecule has 5 rings (SSSR count). The molecule has 188 valence electrons. The number of fused-ring (bicyclic) bond motifs is 1. The molecule has 9 heteroatoms. The van der Waals surface area contributed by atoms with Gasteiger partial charge in [-0.25, -0.2) is 0 Å². The fourth-order valence-electron chi connectivity index (χ4n) is 4.82. The Bertz CT molecular complexity index is 1390. The lowest BCUT2D eigenvalue weighted by molar-refractivity contribution is 0.0711. The van der Waals surface area contributed by atoms with E-state index in [2.05, 4.69) is 27.0 Å². The van der Waals surface area contributed by atoms with Gasteiger partial charge in [0, 0.05) is 49.4 Å². The summed E-state index contributed by atoms with van der Waals surface area (Å²) in [6.45, 7) is 6.47. The van der Waals surface area contributed by atoms with Crippen LogP contribution < -0.4 is 9.73 Å². The first-order chi connectivity index (χ1) is 17.3. The van der Waals surface area contributed by atoms with Crippen molar-refractivity contribution >= 4 is 27.3 Å². The van der Waals surface area contributed by atoms with Crippen LogP contribution in [0.5, 0.6) is 0 Å². The van der Waals surface area contributed by atoms with Crippen LogP contribution in [0, 0.1) is 13.8 Å². The van der Waals surface area contributed by atoms with Crippen molar-refractivity contribution in [2.75, 3.05) is 31.1 Å². The number of piperazine rings is 1. The summed E-state index contributed by atoms with van der Waals surface area (Å²) in [6, 6.07) is 16.8. The highest BCUT2D eigenvalue weighted by Crippen LogP contribution is 2.31. The van der Waals surface area contributed by atoms with Crippen LogP contribution in [-0.4, -0.2) is 51.1 Å². The first kappa shape index (κ1) is 24.1. The standard InChI is InChI=1S/C27H30N4O4S/c1-19-11-13-22(14-12-19)36(33,34)29-28-23-9-6-10-24-25(23)20(2)26(35-24)27(32)31-17-15-30(16-18-31)21-7-4-3-5-8-21/h3-5,7-8,11-14,29H,6,9-10,15-18H2,1-2H3/b28-23+. The third-order valence-corrected chi connectivity index (χ3v) is 8.06. The van der Waals surface area contributed by atoms with Crippen molar-refractivity contribution in [3.8, 4) is 0 Å². The molecule has 1 fully saturated rings. The molecule has 2 heterocycles. The van der Waals surface area contributed by atoms with E-state index in [9.17, 15) is 13.2 Å². The van der Waals surface area contributed by atoms with Crippen molar-refractivity contribution < 1.29 is 17.6 Å². The number of amides is 1. The van der Waals surface area contributed by atoms with Gasteiger partial charge < -0.3 is 14.2 Å². The third kappa shape index (κ3) is 4.75. The number of anilines is 1. The summed E-state index contributed by atoms with van der Waals surface area (Å²) in [4.78, 5) is 20.0. The van der Waals surface area contributed by atoms with Gasteiger partial charge in [-0.1, -0.05) is 35.9 Å². The molecule has 0 unspecified atom stereocenters. The van der Waals surface area contributed by atoms with Crippen molar-refractivity contribution in [1.29, 1.82) is 0 Å². The molecule has 1 saturated heterocycles. The average molecular weight is 507 g/mol. The van der Waals surface area contributed by atoms with E-state index in [0.717, 1.165) is 36.3 Å². The molecule has 0 spiro atoms. The first-order valence-corrected chi connectivity index (χ1v) is 13.7. The van der Waals surface area contributed by atoms with E-state index in [1.165, 1.54) is 0 Å². The second-order valence-electron chi connectivity index (χ2n) is 9.29. The van der Waals surface area contributed by atoms with Gasteiger partial charge >= 0.3 is 0 Å². The predicted octanol–water partition coefficient (Wildman–Crippen LogP) is 3.88. The average Bonchev–Trinajstić information content (AvgIpc) is 3.25. The molecule has 0 saturated carbocycles. The van der Waals surface area contributed by atoms with E-state index in [1.807, 2.05) is 36.9 Å². The van der Waals surface area contributed by atoms with E-state index in [4.69, 9.17) is 4.42 Å². The molecule has 3 aromatic rings. The monoisotopic (exact) mass is 506 g/mol. The number of benzene rings is 2. The predicted molar refractivity (Wildman–Crippen MR) is 139 cm³/mol. The third-order valence-electron chi connectivity index (χ3n) is 6.84. The van der Waals surface area contributed by atoms with Gasteiger partial charge in [0.25, 0.3) is 15.9 Å². The number of sulfonamides is 1. The van der Waals surface area contributed by atoms with E-state index in [1.54, 1.807) is 24.3 Å². The van der Waals surface area contributed by atoms with Crippen LogP contribution in [0.4, 0.5) is 5.69 Å². The number of furan rings is 1. The van der Waals surface area contributed by atoms with Gasteiger partial charge in [-0.3, -0.25) is 4.79 Å². The minimum Gasteiger partial charge on any atom is -0.455 e. The highest BCUT2D eigenvalue weighted by molar-refractivity contribution is 7.89. The summed E-state index contributed by atoms with van der Waals surface area (Å²) >= 11 is 0. The smallest absolute Gasteiger partial charge is 0.289 e. The van der Waals surface area contributed by atoms with Crippen LogP contribution in [0.15, 0.2) is 69.0 Å². The lowest BCUT2D eigenvalue weighted by Crippen LogP contribution is -2.48. The number of hydrogen-bond acceptors (Lipinski definition) is 6. The van der Waals surface area contributed by atoms with Gasteiger partial charge in [0.2, 0.25) is 0 Å². The summed E-state index contributed by atoms with van der Waals surface area (Å²) in [5, 5.41) is 4.27. The number of nitrogens with one attached hydrogen (secondary N) is 1. The molecule has 0 radical (unpaired) electrons. The Labute approximate surface area is 211 Å². The van der Waals surface area contributed by atoms with E-state index in [0.29, 0.717) is 48.7 Å². The van der Waals surface area contributed by atoms with Crippen LogP contribution in [0.25, 0.3) is 0 Å². The van der Waals surface area contributed by atoms with Gasteiger partial charge in [-0.2, -0.15) is 18.4 Å². The summed E-state index contributed by atoms with van der Waals surface area (Å²) in [5.74, 6) is 0.886. The topological polar surface area (TPSA) is 95.2 Å². The second kappa shape index (κ2) is 9.81. The fourth-order valence-corrected chi connectivity index (χ4v) is 5.65. The zero-order chi connectivity index (χ0) is 25.3. The molecule has 1 aliphatic carbocycles. The number of hydrogen-bond donors (Lipinski definition) is 1. The zero-order valence-corrected chi connectivity index (χ0v) is 21.3. The van der Waals surface area contributed by atoms with E-state index in [-0.39, 0.29) is 10.8 Å². The lowest BCUT2D eigenvalue weighted by atomic mass is 9.93. The second-order valence-corrected chi connectivity index (χ2v) is 10.9. The molecule has 1 N–H and O–H groups in total. The summed E-state index contributed by atoms with van der Waals surface area (Å²) in [5.41, 5.74) is 4.20. The van der Waals surface area contributed by atoms with Crippen LogP contribution in [0.2, 0.25) is 0 Å². The molecule has 0 bridgehead atoms. The molecule has 0 atom stereocenters. The molecular formula is C27H30N4O4S. The fraction of sp³-hybridized carbons (Fsp3) is 0.333. The molecule has 8 nitrogen and oxygen atoms in total. The van der Waals surface area contributed by atoms with Gasteiger partial charge in [0.05, 0.1) is 10.6 Å². The number of rotatable bonds is 5. The Hall–Kier alpha value is -3.59. The number of carbonyl (C=O) groups excluding carboxylic acids is 1. The van der Waals surface area contributed by atoms with Gasteiger partial charge in [-0.15, -0.1) is 0 Å². The van der Waals surface area contributed by atoms with Crippen molar-refractivity contribution in [2.24, 2.45) is 5.10 Å². The van der Waals surface area contributed by atoms with Crippen molar-refractivity contribution in [3.05, 3.63) is 82.8 Å². The molecular weight excluding hydrogens is 476 g/mol. The lowest BCUT2D eigenvalue weighted by Gasteiger charge is -2.35. The molecule has 1 aliphatic heterocycles. The number of aryl methyl sites for hydroxylation is 2. The Morgan fingerprint density at radius 2 is 1.64 bits per heavy atom. The van der Waals surface area contributed by atoms with Gasteiger partial charge in [0.15, 0.2) is 5.76 Å². The van der Waals surface area contributed by atoms with Crippen molar-refractivity contribution in [2.45, 2.75) is 38.0 Å². The molecule has 1 aromatic heterocycles. The first-order valence-electron chi connectivity index (χ1n) is 12.2. The maximum atomic E-state index is 13.4. The number of para-hydroxylation sites is 1. The number of nitrogens with zero attached hydrogens (tertiary/aromatic N) is 3. The Morgan fingerprint density at radius 1 is 0.944 bits per heavy atom. The molecule has 1 amide bonds. The van der Waals surface area contributed by atoms with E-state index >= 15 is 0 Å². The normalized spacial score (nSPS) is 17.2. The van der Waals surface area contributed by atoms with Crippen LogP contribution >= 0.6 is 0 Å². The molecule has 36 heavy (non-hydrogen) atoms. The molecule has 2 aromatic carbocycles. The zero-order valence-electron chi connectivity index (χ0n) is 20.5. The Balaban J connectivity index is 1.33. The maximum Gasteiger partial charge on any atom is 0.289 e. The number of hydrazone groups is 1. The summed E-state index contributed by atoms with van der Waals surface area (Å²) in [7, 11) is -3.79. The maximum absolute atomic E-state index is 13.4. The minimum atomic E-state index is -3.79. The highest BCUT2D eigenvalue weighted by atomic mass is 32.2. The van der Waals surface area contributed by atoms with Crippen LogP contribution in [-0.2, 0) is 16.4 Å². The Kier molecular flexibility index (Phi) is 6.57. The highest BCUT2D eigenvalue weighted by Gasteiger charge is 2.31. The summed E-state index contributed by atoms with van der Waals surface area (Å²) in [6.07, 6.45) is 2.07. The minimum absolute atomic E-state index is 0.130. The van der Waals surface area contributed by atoms with Gasteiger partial charge in [-0.05, 0) is 51.0 Å². The largest absolute Gasteiger partial charge is 0.455 e. The quantitative estimate of drug-likeness (QED) is 0.530. The van der Waals surface area contributed by atoms with Crippen LogP contribution in [0.1, 0.15) is 45.8 Å². The van der Waals surface area contributed by atoms with E-state index < -0.39 is 10.0 Å². The number of carbonyl (C=O) groups is 1. The Morgan fingerprint density at radius 3 is 2.33 bits per heavy atom. The van der Waals surface area contributed by atoms with Crippen molar-refractivity contribution in [3.63, 3.8) is 0 Å². The van der Waals surface area contributed by atoms with Crippen LogP contribution in [0.3, 0.4) is 0 Å². The van der Waals surface area contributed by atoms with Crippen molar-refractivity contribution in [1.82, 2.24) is 9.73 Å². The SMILES string of the molecule is Cc1ccc(S(=O)(=O)N/N=C2\CCCc3oc(C(=O)N4CCN(c5ccccc5)CC4)c(C)c32)cc1. The van der Waals surface area contributed by atoms with Gasteiger partial charge in [0.1, 0.15) is 5.76 Å². The molecule has 2 aliphatic rings. The summed E-state index contributed by atoms with van der Waals surface area (Å²) < 4.78 is 31.5.